The number of hydrogen-bond donors (Lipinski definition) is 1. The molecule has 2 rings (SSSR count). The van der Waals surface area contributed by atoms with E-state index in [4.69, 9.17) is 4.74 Å². The van der Waals surface area contributed by atoms with E-state index in [0.717, 1.165) is 26.2 Å². The number of ether oxygens (including phenoxy) is 1. The summed E-state index contributed by atoms with van der Waals surface area (Å²) < 4.78 is 5.77. The number of rotatable bonds is 7. The summed E-state index contributed by atoms with van der Waals surface area (Å²) in [5.41, 5.74) is 4.14. The van der Waals surface area contributed by atoms with Crippen LogP contribution in [0.15, 0.2) is 18.2 Å². The molecule has 1 aliphatic heterocycles. The Labute approximate surface area is 136 Å². The normalized spacial score (nSPS) is 22.9. The lowest BCUT2D eigenvalue weighted by Crippen LogP contribution is -2.45. The molecule has 0 radical (unpaired) electrons. The SMILES string of the molecule is Cc1ccc(CNCCCCN2CC(C)OC(C)C2)cc1C. The molecule has 1 N–H and O–H groups in total. The molecule has 3 heteroatoms. The highest BCUT2D eigenvalue weighted by atomic mass is 16.5. The highest BCUT2D eigenvalue weighted by Gasteiger charge is 2.21. The lowest BCUT2D eigenvalue weighted by atomic mass is 10.1. The van der Waals surface area contributed by atoms with Crippen LogP contribution in [0.1, 0.15) is 43.4 Å². The van der Waals surface area contributed by atoms with Crippen LogP contribution >= 0.6 is 0 Å². The van der Waals surface area contributed by atoms with Crippen molar-refractivity contribution in [3.8, 4) is 0 Å². The zero-order valence-corrected chi connectivity index (χ0v) is 14.7. The summed E-state index contributed by atoms with van der Waals surface area (Å²) in [4.78, 5) is 2.54. The van der Waals surface area contributed by atoms with E-state index in [1.807, 2.05) is 0 Å². The molecule has 2 unspecified atom stereocenters. The summed E-state index contributed by atoms with van der Waals surface area (Å²) in [7, 11) is 0. The fourth-order valence-corrected chi connectivity index (χ4v) is 3.20. The van der Waals surface area contributed by atoms with Crippen LogP contribution in [0.25, 0.3) is 0 Å². The van der Waals surface area contributed by atoms with Crippen molar-refractivity contribution in [1.82, 2.24) is 10.2 Å². The zero-order chi connectivity index (χ0) is 15.9. The molecule has 0 amide bonds. The van der Waals surface area contributed by atoms with Crippen LogP contribution in [0.5, 0.6) is 0 Å². The number of unbranched alkanes of at least 4 members (excludes halogenated alkanes) is 1. The molecule has 22 heavy (non-hydrogen) atoms. The van der Waals surface area contributed by atoms with E-state index >= 15 is 0 Å². The van der Waals surface area contributed by atoms with Gasteiger partial charge in [-0.2, -0.15) is 0 Å². The van der Waals surface area contributed by atoms with Gasteiger partial charge in [0.2, 0.25) is 0 Å². The number of nitrogens with one attached hydrogen (secondary N) is 1. The fraction of sp³-hybridized carbons (Fsp3) is 0.684. The fourth-order valence-electron chi connectivity index (χ4n) is 3.20. The molecule has 1 aliphatic rings. The van der Waals surface area contributed by atoms with Crippen molar-refractivity contribution in [2.75, 3.05) is 26.2 Å². The van der Waals surface area contributed by atoms with Gasteiger partial charge in [-0.25, -0.2) is 0 Å². The van der Waals surface area contributed by atoms with E-state index in [-0.39, 0.29) is 0 Å². The van der Waals surface area contributed by atoms with Crippen LogP contribution in [0.2, 0.25) is 0 Å². The summed E-state index contributed by atoms with van der Waals surface area (Å²) in [6, 6.07) is 6.73. The molecule has 2 atom stereocenters. The number of hydrogen-bond acceptors (Lipinski definition) is 3. The Bertz CT molecular complexity index is 451. The summed E-state index contributed by atoms with van der Waals surface area (Å²) in [5.74, 6) is 0. The van der Waals surface area contributed by atoms with Gasteiger partial charge < -0.3 is 10.1 Å². The Kier molecular flexibility index (Phi) is 6.87. The van der Waals surface area contributed by atoms with Crippen LogP contribution in [-0.4, -0.2) is 43.3 Å². The Balaban J connectivity index is 1.56. The third-order valence-electron chi connectivity index (χ3n) is 4.47. The monoisotopic (exact) mass is 304 g/mol. The van der Waals surface area contributed by atoms with Crippen molar-refractivity contribution in [3.63, 3.8) is 0 Å². The molecule has 3 nitrogen and oxygen atoms in total. The van der Waals surface area contributed by atoms with Crippen molar-refractivity contribution >= 4 is 0 Å². The third kappa shape index (κ3) is 5.71. The minimum Gasteiger partial charge on any atom is -0.373 e. The smallest absolute Gasteiger partial charge is 0.0678 e. The summed E-state index contributed by atoms with van der Waals surface area (Å²) in [5, 5.41) is 3.56. The lowest BCUT2D eigenvalue weighted by molar-refractivity contribution is -0.0681. The Morgan fingerprint density at radius 2 is 1.82 bits per heavy atom. The molecule has 1 aromatic carbocycles. The van der Waals surface area contributed by atoms with Crippen molar-refractivity contribution in [1.29, 1.82) is 0 Å². The first-order chi connectivity index (χ1) is 10.5. The molecular weight excluding hydrogens is 272 g/mol. The van der Waals surface area contributed by atoms with E-state index in [2.05, 4.69) is 56.1 Å². The number of benzene rings is 1. The molecule has 0 bridgehead atoms. The molecule has 1 saturated heterocycles. The van der Waals surface area contributed by atoms with Crippen molar-refractivity contribution in [3.05, 3.63) is 34.9 Å². The topological polar surface area (TPSA) is 24.5 Å². The predicted molar refractivity (Wildman–Crippen MR) is 93.3 cm³/mol. The highest BCUT2D eigenvalue weighted by Crippen LogP contribution is 2.11. The van der Waals surface area contributed by atoms with Crippen molar-refractivity contribution in [2.45, 2.75) is 59.3 Å². The largest absolute Gasteiger partial charge is 0.373 e. The van der Waals surface area contributed by atoms with Crippen LogP contribution < -0.4 is 5.32 Å². The van der Waals surface area contributed by atoms with E-state index in [1.54, 1.807) is 0 Å². The molecule has 1 heterocycles. The van der Waals surface area contributed by atoms with Crippen LogP contribution in [0.4, 0.5) is 0 Å². The van der Waals surface area contributed by atoms with Crippen LogP contribution in [-0.2, 0) is 11.3 Å². The first-order valence-electron chi connectivity index (χ1n) is 8.69. The van der Waals surface area contributed by atoms with Gasteiger partial charge in [-0.3, -0.25) is 4.90 Å². The molecule has 124 valence electrons. The molecule has 0 saturated carbocycles. The number of aryl methyl sites for hydroxylation is 2. The quantitative estimate of drug-likeness (QED) is 0.782. The molecule has 0 aromatic heterocycles. The Hall–Kier alpha value is -0.900. The second kappa shape index (κ2) is 8.66. The van der Waals surface area contributed by atoms with E-state index in [1.165, 1.54) is 36.1 Å². The molecule has 1 fully saturated rings. The van der Waals surface area contributed by atoms with Gasteiger partial charge in [0.05, 0.1) is 12.2 Å². The average molecular weight is 304 g/mol. The summed E-state index contributed by atoms with van der Waals surface area (Å²) in [6.45, 7) is 14.1. The van der Waals surface area contributed by atoms with E-state index in [9.17, 15) is 0 Å². The van der Waals surface area contributed by atoms with Crippen molar-refractivity contribution in [2.24, 2.45) is 0 Å². The van der Waals surface area contributed by atoms with Gasteiger partial charge in [0.1, 0.15) is 0 Å². The van der Waals surface area contributed by atoms with Gasteiger partial charge in [0, 0.05) is 19.6 Å². The van der Waals surface area contributed by atoms with Gasteiger partial charge in [0.15, 0.2) is 0 Å². The minimum absolute atomic E-state index is 0.381. The maximum atomic E-state index is 5.77. The average Bonchev–Trinajstić information content (AvgIpc) is 2.45. The highest BCUT2D eigenvalue weighted by molar-refractivity contribution is 5.29. The Morgan fingerprint density at radius 1 is 1.09 bits per heavy atom. The molecule has 0 aliphatic carbocycles. The van der Waals surface area contributed by atoms with Crippen LogP contribution in [0, 0.1) is 13.8 Å². The number of morpholine rings is 1. The molecule has 1 aromatic rings. The standard InChI is InChI=1S/C19H32N2O/c1-15-7-8-19(11-16(15)2)12-20-9-5-6-10-21-13-17(3)22-18(4)14-21/h7-8,11,17-18,20H,5-6,9-10,12-14H2,1-4H3. The van der Waals surface area contributed by atoms with E-state index in [0.29, 0.717) is 12.2 Å². The first-order valence-corrected chi connectivity index (χ1v) is 8.69. The zero-order valence-electron chi connectivity index (χ0n) is 14.7. The summed E-state index contributed by atoms with van der Waals surface area (Å²) >= 11 is 0. The van der Waals surface area contributed by atoms with Crippen LogP contribution in [0.3, 0.4) is 0 Å². The maximum absolute atomic E-state index is 5.77. The number of nitrogens with zero attached hydrogens (tertiary/aromatic N) is 1. The molecular formula is C19H32N2O. The van der Waals surface area contributed by atoms with E-state index < -0.39 is 0 Å². The van der Waals surface area contributed by atoms with Gasteiger partial charge in [-0.15, -0.1) is 0 Å². The second-order valence-electron chi connectivity index (χ2n) is 6.82. The summed E-state index contributed by atoms with van der Waals surface area (Å²) in [6.07, 6.45) is 3.27. The Morgan fingerprint density at radius 3 is 2.50 bits per heavy atom. The first kappa shape index (κ1) is 17.5. The van der Waals surface area contributed by atoms with Crippen molar-refractivity contribution < 1.29 is 4.74 Å². The minimum atomic E-state index is 0.381. The van der Waals surface area contributed by atoms with Gasteiger partial charge in [0.25, 0.3) is 0 Å². The molecule has 0 spiro atoms. The van der Waals surface area contributed by atoms with Gasteiger partial charge in [-0.1, -0.05) is 18.2 Å². The predicted octanol–water partition coefficient (Wildman–Crippen LogP) is 3.28. The second-order valence-corrected chi connectivity index (χ2v) is 6.82. The maximum Gasteiger partial charge on any atom is 0.0678 e. The lowest BCUT2D eigenvalue weighted by Gasteiger charge is -2.35. The van der Waals surface area contributed by atoms with Gasteiger partial charge >= 0.3 is 0 Å². The van der Waals surface area contributed by atoms with Gasteiger partial charge in [-0.05, 0) is 70.3 Å². The third-order valence-corrected chi connectivity index (χ3v) is 4.47.